The number of aryl methyl sites for hydroxylation is 1. The maximum atomic E-state index is 13.8. The van der Waals surface area contributed by atoms with Crippen LogP contribution in [0, 0.1) is 6.92 Å². The molecule has 0 spiro atoms. The first kappa shape index (κ1) is 25.2. The summed E-state index contributed by atoms with van der Waals surface area (Å²) in [4.78, 5) is 27.3. The summed E-state index contributed by atoms with van der Waals surface area (Å²) in [6, 6.07) is 19.2. The van der Waals surface area contributed by atoms with Crippen molar-refractivity contribution in [3.05, 3.63) is 101 Å². The lowest BCUT2D eigenvalue weighted by atomic mass is 10.0. The molecule has 7 nitrogen and oxygen atoms in total. The van der Waals surface area contributed by atoms with Crippen molar-refractivity contribution in [1.82, 2.24) is 9.62 Å². The molecule has 3 atom stereocenters. The third kappa shape index (κ3) is 5.36. The highest BCUT2D eigenvalue weighted by Crippen LogP contribution is 2.35. The van der Waals surface area contributed by atoms with Gasteiger partial charge in [-0.2, -0.15) is 4.72 Å². The van der Waals surface area contributed by atoms with Gasteiger partial charge in [0.15, 0.2) is 0 Å². The summed E-state index contributed by atoms with van der Waals surface area (Å²) in [7, 11) is -4.19. The first-order chi connectivity index (χ1) is 16.7. The SMILES string of the molecule is Cc1ccc(S(=O)(=O)N[C@@H](C(=O)N2C(=O)OC[C@@H]2c2ccccc2)[C@H](Cl)c2ccccc2Cl)cc1. The first-order valence-electron chi connectivity index (χ1n) is 10.7. The normalized spacial score (nSPS) is 17.6. The van der Waals surface area contributed by atoms with Gasteiger partial charge in [0.2, 0.25) is 10.0 Å². The Balaban J connectivity index is 1.74. The molecular formula is C25H22Cl2N2O5S. The molecule has 1 heterocycles. The lowest BCUT2D eigenvalue weighted by Gasteiger charge is -2.28. The van der Waals surface area contributed by atoms with Crippen LogP contribution < -0.4 is 4.72 Å². The molecule has 10 heteroatoms. The number of hydrogen-bond acceptors (Lipinski definition) is 5. The maximum absolute atomic E-state index is 13.8. The molecule has 0 aliphatic carbocycles. The van der Waals surface area contributed by atoms with Gasteiger partial charge in [0.05, 0.1) is 10.3 Å². The number of hydrogen-bond donors (Lipinski definition) is 1. The Bertz CT molecular complexity index is 1330. The Hall–Kier alpha value is -2.91. The highest BCUT2D eigenvalue weighted by Gasteiger charge is 2.45. The minimum absolute atomic E-state index is 0.0486. The summed E-state index contributed by atoms with van der Waals surface area (Å²) in [6.45, 7) is 1.76. The largest absolute Gasteiger partial charge is 0.446 e. The monoisotopic (exact) mass is 532 g/mol. The number of nitrogens with zero attached hydrogens (tertiary/aromatic N) is 1. The summed E-state index contributed by atoms with van der Waals surface area (Å²) in [6.07, 6.45) is -0.883. The molecule has 2 amide bonds. The van der Waals surface area contributed by atoms with Crippen LogP contribution in [0.5, 0.6) is 0 Å². The predicted molar refractivity (Wildman–Crippen MR) is 133 cm³/mol. The van der Waals surface area contributed by atoms with E-state index in [1.807, 2.05) is 6.92 Å². The molecule has 0 bridgehead atoms. The number of cyclic esters (lactones) is 1. The Kier molecular flexibility index (Phi) is 7.47. The van der Waals surface area contributed by atoms with Crippen molar-refractivity contribution in [1.29, 1.82) is 0 Å². The van der Waals surface area contributed by atoms with Gasteiger partial charge in [-0.05, 0) is 36.2 Å². The summed E-state index contributed by atoms with van der Waals surface area (Å²) in [5.41, 5.74) is 1.87. The third-order valence-electron chi connectivity index (χ3n) is 5.67. The van der Waals surface area contributed by atoms with Gasteiger partial charge >= 0.3 is 6.09 Å². The van der Waals surface area contributed by atoms with E-state index in [1.54, 1.807) is 66.7 Å². The highest BCUT2D eigenvalue weighted by molar-refractivity contribution is 7.89. The minimum atomic E-state index is -4.19. The van der Waals surface area contributed by atoms with Gasteiger partial charge in [0.1, 0.15) is 18.7 Å². The Morgan fingerprint density at radius 2 is 1.66 bits per heavy atom. The molecule has 0 aromatic heterocycles. The Morgan fingerprint density at radius 3 is 2.31 bits per heavy atom. The van der Waals surface area contributed by atoms with Gasteiger partial charge in [-0.3, -0.25) is 4.79 Å². The van der Waals surface area contributed by atoms with Crippen molar-refractivity contribution in [2.24, 2.45) is 0 Å². The van der Waals surface area contributed by atoms with Crippen LogP contribution in [-0.4, -0.2) is 38.0 Å². The number of amides is 2. The van der Waals surface area contributed by atoms with E-state index in [0.29, 0.717) is 11.1 Å². The van der Waals surface area contributed by atoms with Crippen LogP contribution in [-0.2, 0) is 19.6 Å². The number of carbonyl (C=O) groups is 2. The van der Waals surface area contributed by atoms with Gasteiger partial charge in [0.25, 0.3) is 5.91 Å². The molecule has 0 unspecified atom stereocenters. The van der Waals surface area contributed by atoms with Crippen LogP contribution in [0.3, 0.4) is 0 Å². The number of imide groups is 1. The van der Waals surface area contributed by atoms with Crippen molar-refractivity contribution >= 4 is 45.2 Å². The Morgan fingerprint density at radius 1 is 1.03 bits per heavy atom. The zero-order valence-corrected chi connectivity index (χ0v) is 20.9. The van der Waals surface area contributed by atoms with Crippen LogP contribution in [0.15, 0.2) is 83.8 Å². The molecule has 1 N–H and O–H groups in total. The van der Waals surface area contributed by atoms with E-state index in [4.69, 9.17) is 27.9 Å². The quantitative estimate of drug-likeness (QED) is 0.432. The number of carbonyl (C=O) groups excluding carboxylic acids is 2. The predicted octanol–water partition coefficient (Wildman–Crippen LogP) is 5.00. The maximum Gasteiger partial charge on any atom is 0.417 e. The van der Waals surface area contributed by atoms with Gasteiger partial charge in [-0.15, -0.1) is 11.6 Å². The minimum Gasteiger partial charge on any atom is -0.446 e. The summed E-state index contributed by atoms with van der Waals surface area (Å²) >= 11 is 13.0. The van der Waals surface area contributed by atoms with E-state index in [1.165, 1.54) is 12.1 Å². The van der Waals surface area contributed by atoms with E-state index in [-0.39, 0.29) is 16.5 Å². The zero-order chi connectivity index (χ0) is 25.2. The Labute approximate surface area is 213 Å². The van der Waals surface area contributed by atoms with Crippen LogP contribution in [0.1, 0.15) is 28.1 Å². The van der Waals surface area contributed by atoms with Gasteiger partial charge in [-0.25, -0.2) is 18.1 Å². The number of benzene rings is 3. The number of halogens is 2. The second kappa shape index (κ2) is 10.4. The summed E-state index contributed by atoms with van der Waals surface area (Å²) in [5, 5.41) is -0.968. The number of ether oxygens (including phenoxy) is 1. The average Bonchev–Trinajstić information content (AvgIpc) is 3.24. The lowest BCUT2D eigenvalue weighted by molar-refractivity contribution is -0.131. The lowest BCUT2D eigenvalue weighted by Crippen LogP contribution is -2.51. The fraction of sp³-hybridized carbons (Fsp3) is 0.200. The molecule has 4 rings (SSSR count). The molecule has 1 saturated heterocycles. The molecule has 35 heavy (non-hydrogen) atoms. The van der Waals surface area contributed by atoms with Crippen molar-refractivity contribution < 1.29 is 22.7 Å². The smallest absolute Gasteiger partial charge is 0.417 e. The van der Waals surface area contributed by atoms with Gasteiger partial charge < -0.3 is 4.74 Å². The van der Waals surface area contributed by atoms with Crippen molar-refractivity contribution in [3.8, 4) is 0 Å². The number of rotatable bonds is 7. The standard InChI is InChI=1S/C25H22Cl2N2O5S/c1-16-11-13-18(14-12-16)35(32,33)28-23(22(27)19-9-5-6-10-20(19)26)24(30)29-21(15-34-25(29)31)17-7-3-2-4-8-17/h2-14,21-23,28H,15H2,1H3/t21-,22-,23-/m1/s1. The van der Waals surface area contributed by atoms with E-state index < -0.39 is 39.5 Å². The first-order valence-corrected chi connectivity index (χ1v) is 13.0. The van der Waals surface area contributed by atoms with E-state index in [9.17, 15) is 18.0 Å². The fourth-order valence-electron chi connectivity index (χ4n) is 3.80. The molecule has 1 fully saturated rings. The molecule has 0 radical (unpaired) electrons. The molecule has 1 aliphatic heterocycles. The van der Waals surface area contributed by atoms with E-state index in [0.717, 1.165) is 10.5 Å². The molecule has 182 valence electrons. The average molecular weight is 533 g/mol. The molecule has 3 aromatic rings. The summed E-state index contributed by atoms with van der Waals surface area (Å²) in [5.74, 6) is -0.850. The van der Waals surface area contributed by atoms with Crippen LogP contribution in [0.4, 0.5) is 4.79 Å². The van der Waals surface area contributed by atoms with E-state index >= 15 is 0 Å². The molecule has 0 saturated carbocycles. The number of sulfonamides is 1. The van der Waals surface area contributed by atoms with Gasteiger partial charge in [-0.1, -0.05) is 77.8 Å². The van der Waals surface area contributed by atoms with Crippen molar-refractivity contribution in [2.75, 3.05) is 6.61 Å². The van der Waals surface area contributed by atoms with Crippen molar-refractivity contribution in [2.45, 2.75) is 29.3 Å². The van der Waals surface area contributed by atoms with Crippen molar-refractivity contribution in [3.63, 3.8) is 0 Å². The van der Waals surface area contributed by atoms with Crippen LogP contribution in [0.25, 0.3) is 0 Å². The molecular weight excluding hydrogens is 511 g/mol. The summed E-state index contributed by atoms with van der Waals surface area (Å²) < 4.78 is 34.0. The number of nitrogens with one attached hydrogen (secondary N) is 1. The topological polar surface area (TPSA) is 92.8 Å². The third-order valence-corrected chi connectivity index (χ3v) is 7.96. The van der Waals surface area contributed by atoms with Gasteiger partial charge in [0, 0.05) is 5.02 Å². The molecule has 3 aromatic carbocycles. The van der Waals surface area contributed by atoms with Crippen LogP contribution >= 0.6 is 23.2 Å². The number of alkyl halides is 1. The van der Waals surface area contributed by atoms with Crippen LogP contribution in [0.2, 0.25) is 5.02 Å². The second-order valence-corrected chi connectivity index (χ2v) is 10.6. The fourth-order valence-corrected chi connectivity index (χ4v) is 5.75. The second-order valence-electron chi connectivity index (χ2n) is 8.05. The zero-order valence-electron chi connectivity index (χ0n) is 18.6. The van der Waals surface area contributed by atoms with E-state index in [2.05, 4.69) is 4.72 Å². The molecule has 1 aliphatic rings. The highest BCUT2D eigenvalue weighted by atomic mass is 35.5.